The van der Waals surface area contributed by atoms with Crippen LogP contribution < -0.4 is 0 Å². The maximum Gasteiger partial charge on any atom is -0.147 e. The molecule has 25 heavy (non-hydrogen) atoms. The summed E-state index contributed by atoms with van der Waals surface area (Å²) in [7, 11) is 7.90. The fourth-order valence-electron chi connectivity index (χ4n) is 5.11. The zero-order chi connectivity index (χ0) is 17.9. The van der Waals surface area contributed by atoms with Crippen molar-refractivity contribution in [3.8, 4) is 0 Å². The molecular formula is C20H35Cl3HfSi. The third-order valence-electron chi connectivity index (χ3n) is 7.25. The Kier molecular flexibility index (Phi) is 8.41. The minimum absolute atomic E-state index is 0. The fourth-order valence-corrected chi connectivity index (χ4v) is 39.4. The van der Waals surface area contributed by atoms with Crippen LogP contribution in [-0.4, -0.2) is 6.94 Å². The predicted octanol–water partition coefficient (Wildman–Crippen LogP) is 7.18. The van der Waals surface area contributed by atoms with Crippen LogP contribution in [-0.2, 0) is 15.9 Å². The van der Waals surface area contributed by atoms with Gasteiger partial charge < -0.3 is 0 Å². The summed E-state index contributed by atoms with van der Waals surface area (Å²) < 4.78 is 4.46. The molecule has 0 bridgehead atoms. The Hall–Kier alpha value is 0.917. The van der Waals surface area contributed by atoms with E-state index in [2.05, 4.69) is 69.3 Å². The Labute approximate surface area is 173 Å². The fraction of sp³-hybridized carbons (Fsp3) is 0.600. The Morgan fingerprint density at radius 2 is 1.04 bits per heavy atom. The third kappa shape index (κ3) is 3.53. The van der Waals surface area contributed by atoms with Gasteiger partial charge in [-0.25, -0.2) is 0 Å². The largest absolute Gasteiger partial charge is 0.147 e. The third-order valence-corrected chi connectivity index (χ3v) is 43.1. The van der Waals surface area contributed by atoms with E-state index in [0.29, 0.717) is 11.8 Å². The van der Waals surface area contributed by atoms with E-state index in [4.69, 9.17) is 8.58 Å². The van der Waals surface area contributed by atoms with E-state index in [1.165, 1.54) is 33.4 Å². The van der Waals surface area contributed by atoms with Crippen molar-refractivity contribution in [2.45, 2.75) is 66.5 Å². The van der Waals surface area contributed by atoms with Crippen LogP contribution in [0, 0.1) is 11.8 Å². The minimum atomic E-state index is -3.83. The summed E-state index contributed by atoms with van der Waals surface area (Å²) in [5, 5.41) is 0. The van der Waals surface area contributed by atoms with Crippen molar-refractivity contribution in [1.82, 2.24) is 0 Å². The van der Waals surface area contributed by atoms with Gasteiger partial charge in [0.15, 0.2) is 0 Å². The molecule has 0 saturated carbocycles. The first-order valence-corrected chi connectivity index (χ1v) is 27.8. The molecule has 5 heteroatoms. The van der Waals surface area contributed by atoms with E-state index >= 15 is 0 Å². The maximum atomic E-state index is 7.90. The molecule has 0 aromatic rings. The molecule has 2 rings (SSSR count). The van der Waals surface area contributed by atoms with Crippen molar-refractivity contribution in [2.75, 3.05) is 0 Å². The molecule has 144 valence electrons. The summed E-state index contributed by atoms with van der Waals surface area (Å²) in [6, 6.07) is 0. The van der Waals surface area contributed by atoms with Gasteiger partial charge in [0.05, 0.1) is 0 Å². The molecule has 2 aliphatic carbocycles. The van der Waals surface area contributed by atoms with Gasteiger partial charge in [-0.05, 0) is 0 Å². The van der Waals surface area contributed by atoms with E-state index in [9.17, 15) is 0 Å². The molecular weight excluding hydrogens is 553 g/mol. The molecule has 2 aliphatic rings. The molecule has 2 atom stereocenters. The van der Waals surface area contributed by atoms with E-state index < -0.39 is 15.9 Å². The molecule has 2 unspecified atom stereocenters. The molecule has 0 spiro atoms. The predicted molar refractivity (Wildman–Crippen MR) is 120 cm³/mol. The Morgan fingerprint density at radius 1 is 0.760 bits per heavy atom. The molecule has 0 heterocycles. The van der Waals surface area contributed by atoms with Gasteiger partial charge >= 0.3 is 150 Å². The van der Waals surface area contributed by atoms with Gasteiger partial charge in [-0.3, -0.25) is 0 Å². The smallest absolute Gasteiger partial charge is 0.147 e. The second kappa shape index (κ2) is 8.11. The van der Waals surface area contributed by atoms with Crippen LogP contribution in [0.4, 0.5) is 0 Å². The van der Waals surface area contributed by atoms with Gasteiger partial charge in [0.1, 0.15) is 0 Å². The molecule has 0 N–H and O–H groups in total. The normalized spacial score (nSPS) is 24.9. The zero-order valence-corrected chi connectivity index (χ0v) is 24.7. The van der Waals surface area contributed by atoms with Crippen molar-refractivity contribution in [2.24, 2.45) is 11.8 Å². The topological polar surface area (TPSA) is 0 Å². The second-order valence-electron chi connectivity index (χ2n) is 8.03. The molecule has 0 amide bonds. The molecule has 0 radical (unpaired) electrons. The molecule has 0 aliphatic heterocycles. The molecule has 0 aromatic carbocycles. The number of rotatable bonds is 3. The summed E-state index contributed by atoms with van der Waals surface area (Å²) in [6.45, 7) is 23.2. The first-order valence-electron chi connectivity index (χ1n) is 8.91. The Balaban J connectivity index is 0.00000288. The summed E-state index contributed by atoms with van der Waals surface area (Å²) in [5.74, 6) is 1.04. The molecule has 0 nitrogen and oxygen atoms in total. The van der Waals surface area contributed by atoms with Gasteiger partial charge in [0.2, 0.25) is 0 Å². The van der Waals surface area contributed by atoms with Crippen LogP contribution >= 0.6 is 33.4 Å². The van der Waals surface area contributed by atoms with Crippen LogP contribution in [0.2, 0.25) is 4.18 Å². The SMILES string of the molecule is C[CH2][Hf](=[SiH2])([Cl])([C]1=C(C)C(C)=C(C)C1C)[C]1=C(C)C(C)=C(C)C1C.Cl.Cl. The van der Waals surface area contributed by atoms with E-state index in [-0.39, 0.29) is 24.8 Å². The van der Waals surface area contributed by atoms with Gasteiger partial charge in [-0.1, -0.05) is 0 Å². The number of halogens is 3. The van der Waals surface area contributed by atoms with Gasteiger partial charge in [0.25, 0.3) is 0 Å². The first-order chi connectivity index (χ1) is 10.4. The van der Waals surface area contributed by atoms with E-state index in [1.807, 2.05) is 0 Å². The van der Waals surface area contributed by atoms with E-state index in [1.54, 1.807) is 6.66 Å². The molecule has 0 saturated heterocycles. The van der Waals surface area contributed by atoms with Crippen LogP contribution in [0.5, 0.6) is 0 Å². The number of hydrogen-bond donors (Lipinski definition) is 0. The standard InChI is InChI=1S/2C9H13.C2H5.3ClH.Hf.H2Si/c2*1-6-5-7(2)9(4)8(6)3;1-2;;;;;/h2*6H,1-4H3;1H2,2H3;3*1H;;1H2/q;;;;;;+1;/p-1. The van der Waals surface area contributed by atoms with Crippen molar-refractivity contribution in [1.29, 1.82) is 0 Å². The van der Waals surface area contributed by atoms with Crippen LogP contribution in [0.25, 0.3) is 0 Å². The van der Waals surface area contributed by atoms with Crippen molar-refractivity contribution in [3.05, 3.63) is 40.1 Å². The summed E-state index contributed by atoms with van der Waals surface area (Å²) in [6.07, 6.45) is 0. The second-order valence-corrected chi connectivity index (χ2v) is 49.4. The van der Waals surface area contributed by atoms with Gasteiger partial charge in [-0.15, -0.1) is 24.8 Å². The van der Waals surface area contributed by atoms with Crippen molar-refractivity contribution in [3.63, 3.8) is 0 Å². The first kappa shape index (κ1) is 25.9. The average Bonchev–Trinajstić information content (AvgIpc) is 2.81. The quantitative estimate of drug-likeness (QED) is 0.307. The summed E-state index contributed by atoms with van der Waals surface area (Å²) in [5.41, 5.74) is 9.06. The van der Waals surface area contributed by atoms with Crippen LogP contribution in [0.1, 0.15) is 62.3 Å². The molecule has 0 aromatic heterocycles. The monoisotopic (exact) mass is 588 g/mol. The Morgan fingerprint density at radius 3 is 1.20 bits per heavy atom. The van der Waals surface area contributed by atoms with Crippen LogP contribution in [0.3, 0.4) is 0 Å². The molecule has 0 fully saturated rings. The number of allylic oxidation sites excluding steroid dienone is 8. The van der Waals surface area contributed by atoms with Gasteiger partial charge in [0, 0.05) is 0 Å². The minimum Gasteiger partial charge on any atom is -0.147 e. The van der Waals surface area contributed by atoms with E-state index in [0.717, 1.165) is 4.18 Å². The van der Waals surface area contributed by atoms with Crippen molar-refractivity contribution >= 4 is 40.3 Å². The maximum absolute atomic E-state index is 7.90. The van der Waals surface area contributed by atoms with Crippen LogP contribution in [0.15, 0.2) is 40.1 Å². The average molecular weight is 588 g/mol. The Bertz CT molecular complexity index is 725. The number of hydrogen-bond acceptors (Lipinski definition) is 0. The summed E-state index contributed by atoms with van der Waals surface area (Å²) in [4.78, 5) is 0. The zero-order valence-electron chi connectivity index (χ0n) is 17.3. The van der Waals surface area contributed by atoms with Crippen molar-refractivity contribution < 1.29 is 15.9 Å². The van der Waals surface area contributed by atoms with Gasteiger partial charge in [-0.2, -0.15) is 0 Å². The summed E-state index contributed by atoms with van der Waals surface area (Å²) >= 11 is -3.83.